The molecule has 1 atom stereocenters. The molecular weight excluding hydrogens is 320 g/mol. The number of nitrogens with zero attached hydrogens (tertiary/aromatic N) is 2. The van der Waals surface area contributed by atoms with Gasteiger partial charge < -0.3 is 4.74 Å². The van der Waals surface area contributed by atoms with Crippen LogP contribution in [0.3, 0.4) is 0 Å². The van der Waals surface area contributed by atoms with E-state index in [1.54, 1.807) is 18.4 Å². The molecule has 0 radical (unpaired) electrons. The van der Waals surface area contributed by atoms with Crippen LogP contribution in [0.4, 0.5) is 0 Å². The number of rotatable bonds is 4. The quantitative estimate of drug-likeness (QED) is 0.800. The van der Waals surface area contributed by atoms with Gasteiger partial charge in [0.2, 0.25) is 0 Å². The third-order valence-corrected chi connectivity index (χ3v) is 4.73. The minimum absolute atomic E-state index is 0.0755. The van der Waals surface area contributed by atoms with Gasteiger partial charge in [0.05, 0.1) is 23.7 Å². The number of carbonyl (C=O) groups excluding carboxylic acids is 1. The zero-order valence-corrected chi connectivity index (χ0v) is 13.6. The number of thiophene rings is 1. The molecule has 0 spiro atoms. The summed E-state index contributed by atoms with van der Waals surface area (Å²) in [5.74, 6) is 0.527. The van der Waals surface area contributed by atoms with E-state index in [0.717, 1.165) is 21.9 Å². The van der Waals surface area contributed by atoms with Crippen molar-refractivity contribution in [3.63, 3.8) is 0 Å². The Morgan fingerprint density at radius 3 is 2.77 bits per heavy atom. The van der Waals surface area contributed by atoms with Crippen molar-refractivity contribution in [2.75, 3.05) is 13.0 Å². The summed E-state index contributed by atoms with van der Waals surface area (Å²) in [6.07, 6.45) is 0.690. The van der Waals surface area contributed by atoms with Crippen LogP contribution in [0.15, 0.2) is 46.9 Å². The molecule has 22 heavy (non-hydrogen) atoms. The third-order valence-electron chi connectivity index (χ3n) is 3.59. The number of hydrazone groups is 1. The van der Waals surface area contributed by atoms with E-state index in [2.05, 4.69) is 5.10 Å². The fourth-order valence-electron chi connectivity index (χ4n) is 2.48. The number of methoxy groups -OCH3 is 1. The Bertz CT molecular complexity index is 683. The van der Waals surface area contributed by atoms with Gasteiger partial charge in [0.1, 0.15) is 11.6 Å². The number of carbonyl (C=O) groups is 1. The minimum Gasteiger partial charge on any atom is -0.497 e. The Labute approximate surface area is 138 Å². The Morgan fingerprint density at radius 2 is 2.18 bits per heavy atom. The van der Waals surface area contributed by atoms with E-state index in [-0.39, 0.29) is 17.8 Å². The highest BCUT2D eigenvalue weighted by Gasteiger charge is 2.32. The topological polar surface area (TPSA) is 41.9 Å². The molecule has 1 aliphatic heterocycles. The van der Waals surface area contributed by atoms with Crippen LogP contribution in [-0.2, 0) is 4.79 Å². The predicted octanol–water partition coefficient (Wildman–Crippen LogP) is 3.67. The van der Waals surface area contributed by atoms with E-state index < -0.39 is 0 Å². The molecule has 0 saturated carbocycles. The van der Waals surface area contributed by atoms with E-state index in [9.17, 15) is 4.79 Å². The molecule has 1 aromatic heterocycles. The van der Waals surface area contributed by atoms with Crippen LogP contribution in [0.5, 0.6) is 5.75 Å². The van der Waals surface area contributed by atoms with Crippen molar-refractivity contribution in [2.24, 2.45) is 5.10 Å². The van der Waals surface area contributed by atoms with Crippen LogP contribution in [0, 0.1) is 0 Å². The molecule has 1 aromatic carbocycles. The van der Waals surface area contributed by atoms with Gasteiger partial charge in [-0.3, -0.25) is 4.79 Å². The van der Waals surface area contributed by atoms with Gasteiger partial charge in [-0.15, -0.1) is 22.9 Å². The smallest absolute Gasteiger partial charge is 0.258 e. The first-order valence-electron chi connectivity index (χ1n) is 6.86. The van der Waals surface area contributed by atoms with Gasteiger partial charge in [0.25, 0.3) is 5.91 Å². The van der Waals surface area contributed by atoms with Crippen LogP contribution < -0.4 is 4.74 Å². The maximum absolute atomic E-state index is 12.1. The van der Waals surface area contributed by atoms with Gasteiger partial charge in [-0.1, -0.05) is 18.2 Å². The van der Waals surface area contributed by atoms with Gasteiger partial charge in [-0.25, -0.2) is 5.01 Å². The van der Waals surface area contributed by atoms with Crippen molar-refractivity contribution in [1.82, 2.24) is 5.01 Å². The average Bonchev–Trinajstić information content (AvgIpc) is 3.23. The lowest BCUT2D eigenvalue weighted by Gasteiger charge is -2.21. The third kappa shape index (κ3) is 2.87. The molecule has 0 aliphatic carbocycles. The summed E-state index contributed by atoms with van der Waals surface area (Å²) < 4.78 is 5.18. The second-order valence-corrected chi connectivity index (χ2v) is 6.10. The maximum Gasteiger partial charge on any atom is 0.258 e. The molecule has 0 unspecified atom stereocenters. The summed E-state index contributed by atoms with van der Waals surface area (Å²) in [5, 5.41) is 8.01. The minimum atomic E-state index is -0.186. The molecular formula is C16H15ClN2O2S. The molecule has 3 rings (SSSR count). The van der Waals surface area contributed by atoms with Crippen LogP contribution >= 0.6 is 22.9 Å². The predicted molar refractivity (Wildman–Crippen MR) is 88.8 cm³/mol. The summed E-state index contributed by atoms with van der Waals surface area (Å²) >= 11 is 7.35. The lowest BCUT2D eigenvalue weighted by Crippen LogP contribution is -2.27. The van der Waals surface area contributed by atoms with Gasteiger partial charge in [0.15, 0.2) is 0 Å². The van der Waals surface area contributed by atoms with E-state index >= 15 is 0 Å². The summed E-state index contributed by atoms with van der Waals surface area (Å²) in [6.45, 7) is 0. The second kappa shape index (κ2) is 6.50. The molecule has 1 amide bonds. The van der Waals surface area contributed by atoms with Crippen molar-refractivity contribution in [3.05, 3.63) is 52.2 Å². The molecule has 4 nitrogen and oxygen atoms in total. The molecule has 1 aliphatic rings. The first-order chi connectivity index (χ1) is 10.7. The van der Waals surface area contributed by atoms with Crippen LogP contribution in [0.1, 0.15) is 22.9 Å². The summed E-state index contributed by atoms with van der Waals surface area (Å²) in [4.78, 5) is 13.2. The number of amides is 1. The van der Waals surface area contributed by atoms with Crippen molar-refractivity contribution >= 4 is 34.6 Å². The summed E-state index contributed by atoms with van der Waals surface area (Å²) in [5.41, 5.74) is 1.95. The molecule has 6 heteroatoms. The summed E-state index contributed by atoms with van der Waals surface area (Å²) in [6, 6.07) is 11.6. The number of hydrogen-bond donors (Lipinski definition) is 0. The molecule has 0 saturated heterocycles. The van der Waals surface area contributed by atoms with Gasteiger partial charge in [0, 0.05) is 6.42 Å². The molecule has 0 fully saturated rings. The monoisotopic (exact) mass is 334 g/mol. The highest BCUT2D eigenvalue weighted by Crippen LogP contribution is 2.34. The van der Waals surface area contributed by atoms with Crippen LogP contribution in [0.25, 0.3) is 0 Å². The number of benzene rings is 1. The first kappa shape index (κ1) is 15.1. The summed E-state index contributed by atoms with van der Waals surface area (Å²) in [7, 11) is 1.63. The van der Waals surface area contributed by atoms with Crippen molar-refractivity contribution in [2.45, 2.75) is 12.5 Å². The molecule has 0 N–H and O–H groups in total. The molecule has 2 heterocycles. The van der Waals surface area contributed by atoms with E-state index in [4.69, 9.17) is 16.3 Å². The Kier molecular flexibility index (Phi) is 4.45. The number of hydrogen-bond acceptors (Lipinski definition) is 4. The largest absolute Gasteiger partial charge is 0.497 e. The van der Waals surface area contributed by atoms with Crippen LogP contribution in [-0.4, -0.2) is 29.6 Å². The van der Waals surface area contributed by atoms with E-state index in [1.165, 1.54) is 5.01 Å². The SMILES string of the molecule is COc1ccc([C@H]2CC(c3cccs3)=NN2C(=O)CCl)cc1. The number of alkyl halides is 1. The Balaban J connectivity index is 1.91. The normalized spacial score (nSPS) is 17.5. The lowest BCUT2D eigenvalue weighted by atomic mass is 10.0. The zero-order valence-electron chi connectivity index (χ0n) is 12.0. The molecule has 0 bridgehead atoms. The number of halogens is 1. The Morgan fingerprint density at radius 1 is 1.41 bits per heavy atom. The average molecular weight is 335 g/mol. The zero-order chi connectivity index (χ0) is 15.5. The second-order valence-electron chi connectivity index (χ2n) is 4.89. The highest BCUT2D eigenvalue weighted by atomic mass is 35.5. The Hall–Kier alpha value is -1.85. The van der Waals surface area contributed by atoms with Gasteiger partial charge in [-0.2, -0.15) is 5.10 Å². The lowest BCUT2D eigenvalue weighted by molar-refractivity contribution is -0.130. The molecule has 114 valence electrons. The van der Waals surface area contributed by atoms with Gasteiger partial charge >= 0.3 is 0 Å². The van der Waals surface area contributed by atoms with Gasteiger partial charge in [-0.05, 0) is 29.1 Å². The molecule has 2 aromatic rings. The fraction of sp³-hybridized carbons (Fsp3) is 0.250. The maximum atomic E-state index is 12.1. The van der Waals surface area contributed by atoms with E-state index in [0.29, 0.717) is 6.42 Å². The van der Waals surface area contributed by atoms with Crippen molar-refractivity contribution in [1.29, 1.82) is 0 Å². The number of ether oxygens (including phenoxy) is 1. The van der Waals surface area contributed by atoms with Crippen molar-refractivity contribution < 1.29 is 9.53 Å². The van der Waals surface area contributed by atoms with Crippen LogP contribution in [0.2, 0.25) is 0 Å². The highest BCUT2D eigenvalue weighted by molar-refractivity contribution is 7.12. The van der Waals surface area contributed by atoms with E-state index in [1.807, 2.05) is 41.8 Å². The first-order valence-corrected chi connectivity index (χ1v) is 8.27. The van der Waals surface area contributed by atoms with Crippen molar-refractivity contribution in [3.8, 4) is 5.75 Å². The standard InChI is InChI=1S/C16H15ClN2O2S/c1-21-12-6-4-11(5-7-12)14-9-13(15-3-2-8-22-15)18-19(14)16(20)10-17/h2-8,14H,9-10H2,1H3/t14-/m1/s1. The fourth-order valence-corrected chi connectivity index (χ4v) is 3.32.